The third kappa shape index (κ3) is 2.36. The van der Waals surface area contributed by atoms with Crippen LogP contribution in [0.25, 0.3) is 0 Å². The van der Waals surface area contributed by atoms with E-state index < -0.39 is 4.87 Å². The molecule has 1 aliphatic rings. The minimum Gasteiger partial charge on any atom is -0.378 e. The summed E-state index contributed by atoms with van der Waals surface area (Å²) in [4.78, 5) is -0.655. The van der Waals surface area contributed by atoms with E-state index in [1.807, 2.05) is 0 Å². The molecule has 1 rings (SSSR count). The van der Waals surface area contributed by atoms with Gasteiger partial charge in [0.15, 0.2) is 0 Å². The lowest BCUT2D eigenvalue weighted by Crippen LogP contribution is -2.35. The van der Waals surface area contributed by atoms with Crippen molar-refractivity contribution < 1.29 is 4.74 Å². The standard InChI is InChI=1S/C9H14ClNO/c1-2-3-8-6-9(10,7-11)4-5-12-8/h8H,2-6H2,1H3. The molecule has 68 valence electrons. The zero-order chi connectivity index (χ0) is 9.03. The first-order chi connectivity index (χ1) is 5.70. The summed E-state index contributed by atoms with van der Waals surface area (Å²) >= 11 is 6.05. The van der Waals surface area contributed by atoms with Gasteiger partial charge in [0.05, 0.1) is 12.2 Å². The average molecular weight is 188 g/mol. The highest BCUT2D eigenvalue weighted by Gasteiger charge is 2.34. The van der Waals surface area contributed by atoms with E-state index in [0.29, 0.717) is 19.4 Å². The monoisotopic (exact) mass is 187 g/mol. The van der Waals surface area contributed by atoms with E-state index in [4.69, 9.17) is 21.6 Å². The lowest BCUT2D eigenvalue weighted by Gasteiger charge is -2.31. The quantitative estimate of drug-likeness (QED) is 0.623. The zero-order valence-electron chi connectivity index (χ0n) is 7.35. The van der Waals surface area contributed by atoms with Crippen molar-refractivity contribution in [1.82, 2.24) is 0 Å². The van der Waals surface area contributed by atoms with Gasteiger partial charge >= 0.3 is 0 Å². The second-order valence-corrected chi connectivity index (χ2v) is 4.04. The highest BCUT2D eigenvalue weighted by atomic mass is 35.5. The normalized spacial score (nSPS) is 35.9. The Bertz CT molecular complexity index is 187. The fraction of sp³-hybridized carbons (Fsp3) is 0.889. The summed E-state index contributed by atoms with van der Waals surface area (Å²) in [6.07, 6.45) is 3.63. The topological polar surface area (TPSA) is 33.0 Å². The summed E-state index contributed by atoms with van der Waals surface area (Å²) in [7, 11) is 0. The Morgan fingerprint density at radius 3 is 3.08 bits per heavy atom. The molecule has 1 aliphatic heterocycles. The molecule has 0 saturated carbocycles. The van der Waals surface area contributed by atoms with Crippen LogP contribution >= 0.6 is 11.6 Å². The number of hydrogen-bond donors (Lipinski definition) is 0. The molecule has 1 heterocycles. The predicted octanol–water partition coefficient (Wildman–Crippen LogP) is 2.47. The summed E-state index contributed by atoms with van der Waals surface area (Å²) in [6, 6.07) is 2.15. The van der Waals surface area contributed by atoms with Crippen molar-refractivity contribution >= 4 is 11.6 Å². The van der Waals surface area contributed by atoms with Crippen LogP contribution in [0, 0.1) is 11.3 Å². The van der Waals surface area contributed by atoms with E-state index in [1.54, 1.807) is 0 Å². The summed E-state index contributed by atoms with van der Waals surface area (Å²) in [5.74, 6) is 0. The van der Waals surface area contributed by atoms with Crippen LogP contribution in [0.15, 0.2) is 0 Å². The van der Waals surface area contributed by atoms with Crippen LogP contribution < -0.4 is 0 Å². The number of nitrogens with zero attached hydrogens (tertiary/aromatic N) is 1. The largest absolute Gasteiger partial charge is 0.378 e. The molecular weight excluding hydrogens is 174 g/mol. The Morgan fingerprint density at radius 1 is 1.75 bits per heavy atom. The van der Waals surface area contributed by atoms with Crippen molar-refractivity contribution in [1.29, 1.82) is 5.26 Å². The Labute approximate surface area is 78.5 Å². The van der Waals surface area contributed by atoms with Crippen molar-refractivity contribution in [2.24, 2.45) is 0 Å². The van der Waals surface area contributed by atoms with Gasteiger partial charge < -0.3 is 4.74 Å². The van der Waals surface area contributed by atoms with E-state index in [2.05, 4.69) is 13.0 Å². The number of ether oxygens (including phenoxy) is 1. The third-order valence-corrected chi connectivity index (χ3v) is 2.64. The Kier molecular flexibility index (Phi) is 3.37. The molecule has 0 bridgehead atoms. The van der Waals surface area contributed by atoms with Crippen LogP contribution in [0.4, 0.5) is 0 Å². The van der Waals surface area contributed by atoms with Crippen LogP contribution in [0.5, 0.6) is 0 Å². The number of rotatable bonds is 2. The van der Waals surface area contributed by atoms with E-state index in [1.165, 1.54) is 0 Å². The van der Waals surface area contributed by atoms with Crippen LogP contribution in [0.2, 0.25) is 0 Å². The molecule has 0 aromatic heterocycles. The Morgan fingerprint density at radius 2 is 2.50 bits per heavy atom. The second kappa shape index (κ2) is 4.11. The summed E-state index contributed by atoms with van der Waals surface area (Å²) in [6.45, 7) is 2.74. The molecule has 0 aromatic rings. The second-order valence-electron chi connectivity index (χ2n) is 3.31. The SMILES string of the molecule is CCCC1CC(Cl)(C#N)CCO1. The van der Waals surface area contributed by atoms with Crippen molar-refractivity contribution in [3.05, 3.63) is 0 Å². The van der Waals surface area contributed by atoms with Gasteiger partial charge in [-0.1, -0.05) is 13.3 Å². The fourth-order valence-electron chi connectivity index (χ4n) is 1.52. The molecule has 0 aromatic carbocycles. The smallest absolute Gasteiger partial charge is 0.135 e. The van der Waals surface area contributed by atoms with Gasteiger partial charge in [0, 0.05) is 19.4 Å². The van der Waals surface area contributed by atoms with Gasteiger partial charge in [0.25, 0.3) is 0 Å². The number of halogens is 1. The molecule has 12 heavy (non-hydrogen) atoms. The number of nitriles is 1. The maximum Gasteiger partial charge on any atom is 0.135 e. The van der Waals surface area contributed by atoms with Crippen molar-refractivity contribution in [3.8, 4) is 6.07 Å². The maximum absolute atomic E-state index is 8.80. The highest BCUT2D eigenvalue weighted by molar-refractivity contribution is 6.25. The average Bonchev–Trinajstić information content (AvgIpc) is 2.05. The summed E-state index contributed by atoms with van der Waals surface area (Å²) in [5, 5.41) is 8.80. The van der Waals surface area contributed by atoms with E-state index in [0.717, 1.165) is 12.8 Å². The van der Waals surface area contributed by atoms with Gasteiger partial charge in [-0.3, -0.25) is 0 Å². The van der Waals surface area contributed by atoms with E-state index in [9.17, 15) is 0 Å². The molecule has 2 atom stereocenters. The minimum atomic E-state index is -0.655. The first-order valence-electron chi connectivity index (χ1n) is 4.42. The van der Waals surface area contributed by atoms with Crippen LogP contribution in [-0.2, 0) is 4.74 Å². The van der Waals surface area contributed by atoms with Crippen LogP contribution in [0.1, 0.15) is 32.6 Å². The van der Waals surface area contributed by atoms with Crippen molar-refractivity contribution in [2.45, 2.75) is 43.6 Å². The molecule has 0 radical (unpaired) electrons. The van der Waals surface area contributed by atoms with Crippen molar-refractivity contribution in [3.63, 3.8) is 0 Å². The predicted molar refractivity (Wildman–Crippen MR) is 48.1 cm³/mol. The summed E-state index contributed by atoms with van der Waals surface area (Å²) < 4.78 is 5.48. The maximum atomic E-state index is 8.80. The van der Waals surface area contributed by atoms with Gasteiger partial charge in [-0.25, -0.2) is 0 Å². The van der Waals surface area contributed by atoms with Gasteiger partial charge in [-0.15, -0.1) is 11.6 Å². The summed E-state index contributed by atoms with van der Waals surface area (Å²) in [5.41, 5.74) is 0. The fourth-order valence-corrected chi connectivity index (χ4v) is 1.77. The first-order valence-corrected chi connectivity index (χ1v) is 4.80. The van der Waals surface area contributed by atoms with E-state index >= 15 is 0 Å². The first kappa shape index (κ1) is 9.83. The molecule has 2 unspecified atom stereocenters. The third-order valence-electron chi connectivity index (χ3n) is 2.21. The molecule has 0 spiro atoms. The Balaban J connectivity index is 2.46. The molecule has 3 heteroatoms. The lowest BCUT2D eigenvalue weighted by molar-refractivity contribution is 0.00302. The molecule has 2 nitrogen and oxygen atoms in total. The number of hydrogen-bond acceptors (Lipinski definition) is 2. The molecular formula is C9H14ClNO. The molecule has 0 N–H and O–H groups in total. The van der Waals surface area contributed by atoms with Gasteiger partial charge in [0.1, 0.15) is 4.87 Å². The van der Waals surface area contributed by atoms with Gasteiger partial charge in [-0.05, 0) is 6.42 Å². The minimum absolute atomic E-state index is 0.195. The molecule has 0 amide bonds. The molecule has 0 aliphatic carbocycles. The molecule has 1 fully saturated rings. The van der Waals surface area contributed by atoms with Crippen molar-refractivity contribution in [2.75, 3.05) is 6.61 Å². The Hall–Kier alpha value is -0.260. The van der Waals surface area contributed by atoms with Crippen LogP contribution in [-0.4, -0.2) is 17.6 Å². The lowest BCUT2D eigenvalue weighted by atomic mass is 9.94. The van der Waals surface area contributed by atoms with Crippen LogP contribution in [0.3, 0.4) is 0 Å². The number of alkyl halides is 1. The van der Waals surface area contributed by atoms with Gasteiger partial charge in [0.2, 0.25) is 0 Å². The molecule has 1 saturated heterocycles. The van der Waals surface area contributed by atoms with E-state index in [-0.39, 0.29) is 6.10 Å². The zero-order valence-corrected chi connectivity index (χ0v) is 8.10. The highest BCUT2D eigenvalue weighted by Crippen LogP contribution is 2.32. The van der Waals surface area contributed by atoms with Gasteiger partial charge in [-0.2, -0.15) is 5.26 Å².